The SMILES string of the molecule is CCCc1nn(C)c(CC(Br)CC)c1[N+](=O)[O-]. The molecule has 0 aliphatic rings. The predicted octanol–water partition coefficient (Wildman–Crippen LogP) is 3.00. The number of hydrogen-bond donors (Lipinski definition) is 0. The number of nitrogens with zero attached hydrogens (tertiary/aromatic N) is 3. The van der Waals surface area contributed by atoms with Crippen LogP contribution < -0.4 is 0 Å². The van der Waals surface area contributed by atoms with Crippen molar-refractivity contribution in [2.75, 3.05) is 0 Å². The van der Waals surface area contributed by atoms with E-state index in [0.29, 0.717) is 24.2 Å². The fourth-order valence-corrected chi connectivity index (χ4v) is 2.11. The van der Waals surface area contributed by atoms with Crippen molar-refractivity contribution in [3.63, 3.8) is 0 Å². The number of aryl methyl sites for hydroxylation is 2. The molecule has 6 heteroatoms. The first-order valence-corrected chi connectivity index (χ1v) is 6.75. The van der Waals surface area contributed by atoms with E-state index < -0.39 is 0 Å². The Hall–Kier alpha value is -0.910. The van der Waals surface area contributed by atoms with E-state index in [0.717, 1.165) is 12.8 Å². The van der Waals surface area contributed by atoms with Crippen LogP contribution in [0.1, 0.15) is 38.1 Å². The first-order chi connectivity index (χ1) is 8.01. The minimum atomic E-state index is -0.303. The quantitative estimate of drug-likeness (QED) is 0.461. The van der Waals surface area contributed by atoms with Crippen LogP contribution in [-0.2, 0) is 19.9 Å². The fraction of sp³-hybridized carbons (Fsp3) is 0.727. The first kappa shape index (κ1) is 14.2. The summed E-state index contributed by atoms with van der Waals surface area (Å²) in [6.45, 7) is 4.05. The number of alkyl halides is 1. The highest BCUT2D eigenvalue weighted by Crippen LogP contribution is 2.27. The summed E-state index contributed by atoms with van der Waals surface area (Å²) in [5.41, 5.74) is 1.51. The van der Waals surface area contributed by atoms with Crippen molar-refractivity contribution < 1.29 is 4.92 Å². The summed E-state index contributed by atoms with van der Waals surface area (Å²) in [7, 11) is 1.77. The number of rotatable bonds is 6. The third-order valence-corrected chi connectivity index (χ3v) is 3.71. The zero-order valence-corrected chi connectivity index (χ0v) is 12.0. The molecule has 0 aliphatic carbocycles. The maximum atomic E-state index is 11.1. The minimum absolute atomic E-state index is 0.201. The topological polar surface area (TPSA) is 61.0 Å². The molecule has 0 aliphatic heterocycles. The van der Waals surface area contributed by atoms with E-state index in [1.54, 1.807) is 11.7 Å². The van der Waals surface area contributed by atoms with E-state index in [1.807, 2.05) is 6.92 Å². The van der Waals surface area contributed by atoms with Gasteiger partial charge in [-0.05, 0) is 12.8 Å². The Morgan fingerprint density at radius 2 is 2.18 bits per heavy atom. The summed E-state index contributed by atoms with van der Waals surface area (Å²) < 4.78 is 1.65. The Labute approximate surface area is 109 Å². The van der Waals surface area contributed by atoms with Crippen LogP contribution in [0.25, 0.3) is 0 Å². The highest BCUT2D eigenvalue weighted by atomic mass is 79.9. The lowest BCUT2D eigenvalue weighted by atomic mass is 10.1. The van der Waals surface area contributed by atoms with Crippen molar-refractivity contribution in [3.8, 4) is 0 Å². The van der Waals surface area contributed by atoms with Crippen molar-refractivity contribution >= 4 is 21.6 Å². The van der Waals surface area contributed by atoms with E-state index in [2.05, 4.69) is 28.0 Å². The van der Waals surface area contributed by atoms with Crippen molar-refractivity contribution in [3.05, 3.63) is 21.5 Å². The summed E-state index contributed by atoms with van der Waals surface area (Å²) in [6.07, 6.45) is 3.09. The molecule has 1 atom stereocenters. The van der Waals surface area contributed by atoms with Gasteiger partial charge in [0.05, 0.1) is 4.92 Å². The Morgan fingerprint density at radius 3 is 2.65 bits per heavy atom. The molecule has 1 aromatic heterocycles. The molecule has 0 saturated carbocycles. The van der Waals surface area contributed by atoms with Crippen LogP contribution in [0.4, 0.5) is 5.69 Å². The van der Waals surface area contributed by atoms with Crippen LogP contribution in [-0.4, -0.2) is 19.5 Å². The monoisotopic (exact) mass is 303 g/mol. The standard InChI is InChI=1S/C11H18BrN3O2/c1-4-6-9-11(15(16)17)10(14(3)13-9)7-8(12)5-2/h8H,4-7H2,1-3H3. The van der Waals surface area contributed by atoms with Gasteiger partial charge < -0.3 is 0 Å². The van der Waals surface area contributed by atoms with Crippen LogP contribution in [0.2, 0.25) is 0 Å². The molecular weight excluding hydrogens is 286 g/mol. The second kappa shape index (κ2) is 6.14. The molecule has 1 heterocycles. The van der Waals surface area contributed by atoms with Crippen LogP contribution in [0.5, 0.6) is 0 Å². The molecular formula is C11H18BrN3O2. The highest BCUT2D eigenvalue weighted by molar-refractivity contribution is 9.09. The molecule has 1 unspecified atom stereocenters. The summed E-state index contributed by atoms with van der Waals surface area (Å²) >= 11 is 3.52. The molecule has 0 radical (unpaired) electrons. The maximum Gasteiger partial charge on any atom is 0.313 e. The Balaban J connectivity index is 3.13. The van der Waals surface area contributed by atoms with Crippen LogP contribution in [0.15, 0.2) is 0 Å². The lowest BCUT2D eigenvalue weighted by molar-refractivity contribution is -0.386. The van der Waals surface area contributed by atoms with Crippen LogP contribution >= 0.6 is 15.9 Å². The van der Waals surface area contributed by atoms with Gasteiger partial charge in [-0.3, -0.25) is 14.8 Å². The Bertz CT molecular complexity index is 404. The molecule has 0 saturated heterocycles. The van der Waals surface area contributed by atoms with E-state index in [-0.39, 0.29) is 15.4 Å². The Morgan fingerprint density at radius 1 is 1.53 bits per heavy atom. The van der Waals surface area contributed by atoms with E-state index in [4.69, 9.17) is 0 Å². The molecule has 0 fully saturated rings. The highest BCUT2D eigenvalue weighted by Gasteiger charge is 2.26. The van der Waals surface area contributed by atoms with E-state index in [1.165, 1.54) is 0 Å². The molecule has 0 amide bonds. The number of hydrogen-bond acceptors (Lipinski definition) is 3. The molecule has 96 valence electrons. The van der Waals surface area contributed by atoms with Crippen molar-refractivity contribution in [2.24, 2.45) is 7.05 Å². The summed E-state index contributed by atoms with van der Waals surface area (Å²) in [4.78, 5) is 11.1. The number of aromatic nitrogens is 2. The average Bonchev–Trinajstić information content (AvgIpc) is 2.56. The number of nitro groups is 1. The summed E-state index contributed by atoms with van der Waals surface area (Å²) in [6, 6.07) is 0. The molecule has 17 heavy (non-hydrogen) atoms. The first-order valence-electron chi connectivity index (χ1n) is 5.84. The fourth-order valence-electron chi connectivity index (χ4n) is 1.81. The zero-order chi connectivity index (χ0) is 13.0. The number of halogens is 1. The largest absolute Gasteiger partial charge is 0.313 e. The van der Waals surface area contributed by atoms with Gasteiger partial charge >= 0.3 is 5.69 Å². The molecule has 1 rings (SSSR count). The zero-order valence-electron chi connectivity index (χ0n) is 10.4. The molecule has 1 aromatic rings. The second-order valence-electron chi connectivity index (χ2n) is 4.08. The summed E-state index contributed by atoms with van der Waals surface area (Å²) in [5.74, 6) is 0. The Kier molecular flexibility index (Phi) is 5.11. The molecule has 0 spiro atoms. The van der Waals surface area contributed by atoms with Crippen molar-refractivity contribution in [1.29, 1.82) is 0 Å². The van der Waals surface area contributed by atoms with Gasteiger partial charge in [0.1, 0.15) is 11.4 Å². The van der Waals surface area contributed by atoms with Crippen molar-refractivity contribution in [2.45, 2.75) is 44.4 Å². The van der Waals surface area contributed by atoms with Gasteiger partial charge in [0.25, 0.3) is 0 Å². The normalized spacial score (nSPS) is 12.7. The second-order valence-corrected chi connectivity index (χ2v) is 5.38. The van der Waals surface area contributed by atoms with Crippen LogP contribution in [0, 0.1) is 10.1 Å². The molecule has 5 nitrogen and oxygen atoms in total. The lowest BCUT2D eigenvalue weighted by Gasteiger charge is -2.06. The van der Waals surface area contributed by atoms with E-state index >= 15 is 0 Å². The molecule has 0 N–H and O–H groups in total. The van der Waals surface area contributed by atoms with Crippen molar-refractivity contribution in [1.82, 2.24) is 9.78 Å². The third kappa shape index (κ3) is 3.28. The van der Waals surface area contributed by atoms with Gasteiger partial charge in [-0.25, -0.2) is 0 Å². The van der Waals surface area contributed by atoms with Crippen LogP contribution in [0.3, 0.4) is 0 Å². The van der Waals surface area contributed by atoms with Gasteiger partial charge in [-0.15, -0.1) is 0 Å². The van der Waals surface area contributed by atoms with Gasteiger partial charge in [0, 0.05) is 18.3 Å². The maximum absolute atomic E-state index is 11.1. The predicted molar refractivity (Wildman–Crippen MR) is 70.6 cm³/mol. The third-order valence-electron chi connectivity index (χ3n) is 2.74. The lowest BCUT2D eigenvalue weighted by Crippen LogP contribution is -2.08. The van der Waals surface area contributed by atoms with Gasteiger partial charge in [0.2, 0.25) is 0 Å². The van der Waals surface area contributed by atoms with Gasteiger partial charge in [-0.1, -0.05) is 36.2 Å². The molecule has 0 aromatic carbocycles. The molecule has 0 bridgehead atoms. The van der Waals surface area contributed by atoms with Gasteiger partial charge in [0.15, 0.2) is 0 Å². The van der Waals surface area contributed by atoms with Gasteiger partial charge in [-0.2, -0.15) is 5.10 Å². The summed E-state index contributed by atoms with van der Waals surface area (Å²) in [5, 5.41) is 15.4. The van der Waals surface area contributed by atoms with E-state index in [9.17, 15) is 10.1 Å². The average molecular weight is 304 g/mol. The smallest absolute Gasteiger partial charge is 0.265 e. The minimum Gasteiger partial charge on any atom is -0.265 e.